The monoisotopic (exact) mass is 477 g/mol. The number of hydrogen-bond acceptors (Lipinski definition) is 7. The molecule has 1 aliphatic heterocycles. The third-order valence-electron chi connectivity index (χ3n) is 6.65. The Morgan fingerprint density at radius 1 is 0.943 bits per heavy atom. The molecule has 2 aromatic carbocycles. The normalized spacial score (nSPS) is 19.6. The molecule has 4 rings (SSSR count). The molecule has 0 radical (unpaired) electrons. The quantitative estimate of drug-likeness (QED) is 0.582. The Balaban J connectivity index is 1.80. The molecule has 1 N–H and O–H groups in total. The number of dihydropyridines is 1. The van der Waals surface area contributed by atoms with Crippen molar-refractivity contribution in [2.75, 3.05) is 27.9 Å². The van der Waals surface area contributed by atoms with E-state index in [-0.39, 0.29) is 18.3 Å². The number of allylic oxidation sites excluding steroid dienone is 3. The number of nitrogens with one attached hydrogen (secondary N) is 1. The summed E-state index contributed by atoms with van der Waals surface area (Å²) in [5.41, 5.74) is 4.42. The lowest BCUT2D eigenvalue weighted by atomic mass is 9.71. The molecular formula is C28H31NO6. The molecule has 0 saturated heterocycles. The van der Waals surface area contributed by atoms with Crippen LogP contribution >= 0.6 is 0 Å². The van der Waals surface area contributed by atoms with Crippen molar-refractivity contribution in [3.63, 3.8) is 0 Å². The highest BCUT2D eigenvalue weighted by atomic mass is 16.5. The van der Waals surface area contributed by atoms with Crippen molar-refractivity contribution in [2.45, 2.75) is 38.5 Å². The zero-order chi connectivity index (χ0) is 25.1. The SMILES string of the molecule is CCOC(=O)C1=C(C)NC2=C(C(=O)C[C@@H](c3ccc(OC)cc3)C2)[C@@H]1c1ccc(OC)c(OC)c1. The van der Waals surface area contributed by atoms with Gasteiger partial charge in [-0.05, 0) is 61.6 Å². The summed E-state index contributed by atoms with van der Waals surface area (Å²) in [7, 11) is 4.76. The summed E-state index contributed by atoms with van der Waals surface area (Å²) in [5, 5.41) is 3.37. The molecule has 0 amide bonds. The zero-order valence-corrected chi connectivity index (χ0v) is 20.8. The Labute approximate surface area is 205 Å². The fraction of sp³-hybridized carbons (Fsp3) is 0.357. The molecule has 0 fully saturated rings. The summed E-state index contributed by atoms with van der Waals surface area (Å²) >= 11 is 0. The van der Waals surface area contributed by atoms with Crippen LogP contribution in [0.2, 0.25) is 0 Å². The lowest BCUT2D eigenvalue weighted by Crippen LogP contribution is -2.36. The van der Waals surface area contributed by atoms with Gasteiger partial charge < -0.3 is 24.3 Å². The van der Waals surface area contributed by atoms with E-state index in [0.717, 1.165) is 22.6 Å². The predicted octanol–water partition coefficient (Wildman–Crippen LogP) is 4.64. The van der Waals surface area contributed by atoms with Crippen molar-refractivity contribution in [1.82, 2.24) is 5.32 Å². The lowest BCUT2D eigenvalue weighted by molar-refractivity contribution is -0.138. The van der Waals surface area contributed by atoms with E-state index in [9.17, 15) is 9.59 Å². The molecule has 0 saturated carbocycles. The zero-order valence-electron chi connectivity index (χ0n) is 20.8. The number of ether oxygens (including phenoxy) is 4. The number of benzene rings is 2. The summed E-state index contributed by atoms with van der Waals surface area (Å²) in [6.45, 7) is 3.87. The maximum absolute atomic E-state index is 13.7. The van der Waals surface area contributed by atoms with Crippen LogP contribution in [0.4, 0.5) is 0 Å². The van der Waals surface area contributed by atoms with Crippen LogP contribution in [0.5, 0.6) is 17.2 Å². The first-order valence-corrected chi connectivity index (χ1v) is 11.7. The summed E-state index contributed by atoms with van der Waals surface area (Å²) in [4.78, 5) is 26.8. The minimum absolute atomic E-state index is 0.00801. The molecule has 35 heavy (non-hydrogen) atoms. The van der Waals surface area contributed by atoms with Gasteiger partial charge in [0, 0.05) is 29.3 Å². The molecule has 0 aromatic heterocycles. The van der Waals surface area contributed by atoms with E-state index in [1.807, 2.05) is 43.3 Å². The maximum Gasteiger partial charge on any atom is 0.336 e. The smallest absolute Gasteiger partial charge is 0.336 e. The van der Waals surface area contributed by atoms with Crippen LogP contribution < -0.4 is 19.5 Å². The van der Waals surface area contributed by atoms with E-state index in [1.165, 1.54) is 0 Å². The summed E-state index contributed by atoms with van der Waals surface area (Å²) in [5.74, 6) is 0.927. The second kappa shape index (κ2) is 10.3. The largest absolute Gasteiger partial charge is 0.497 e. The Morgan fingerprint density at radius 2 is 1.63 bits per heavy atom. The summed E-state index contributed by atoms with van der Waals surface area (Å²) < 4.78 is 21.6. The molecule has 2 aliphatic rings. The average Bonchev–Trinajstić information content (AvgIpc) is 2.87. The maximum atomic E-state index is 13.7. The Kier molecular flexibility index (Phi) is 7.15. The van der Waals surface area contributed by atoms with E-state index in [1.54, 1.807) is 34.3 Å². The number of methoxy groups -OCH3 is 3. The van der Waals surface area contributed by atoms with Crippen molar-refractivity contribution in [1.29, 1.82) is 0 Å². The average molecular weight is 478 g/mol. The van der Waals surface area contributed by atoms with Gasteiger partial charge in [-0.25, -0.2) is 4.79 Å². The van der Waals surface area contributed by atoms with Gasteiger partial charge in [0.2, 0.25) is 0 Å². The first kappa shape index (κ1) is 24.4. The van der Waals surface area contributed by atoms with Crippen LogP contribution in [0.25, 0.3) is 0 Å². The van der Waals surface area contributed by atoms with Crippen molar-refractivity contribution in [2.24, 2.45) is 0 Å². The van der Waals surface area contributed by atoms with Crippen LogP contribution in [0.15, 0.2) is 65.0 Å². The Bertz CT molecular complexity index is 1190. The fourth-order valence-corrected chi connectivity index (χ4v) is 5.00. The summed E-state index contributed by atoms with van der Waals surface area (Å²) in [6, 6.07) is 13.3. The van der Waals surface area contributed by atoms with E-state index in [0.29, 0.717) is 41.2 Å². The summed E-state index contributed by atoms with van der Waals surface area (Å²) in [6.07, 6.45) is 1.01. The minimum atomic E-state index is -0.561. The second-order valence-electron chi connectivity index (χ2n) is 8.63. The van der Waals surface area contributed by atoms with Gasteiger partial charge in [-0.3, -0.25) is 4.79 Å². The molecular weight excluding hydrogens is 446 g/mol. The van der Waals surface area contributed by atoms with Crippen molar-refractivity contribution >= 4 is 11.8 Å². The molecule has 2 atom stereocenters. The molecule has 7 nitrogen and oxygen atoms in total. The highest BCUT2D eigenvalue weighted by Crippen LogP contribution is 2.47. The van der Waals surface area contributed by atoms with Gasteiger partial charge in [0.25, 0.3) is 0 Å². The number of hydrogen-bond donors (Lipinski definition) is 1. The van der Waals surface area contributed by atoms with Crippen molar-refractivity contribution < 1.29 is 28.5 Å². The van der Waals surface area contributed by atoms with E-state index in [2.05, 4.69) is 5.32 Å². The topological polar surface area (TPSA) is 83.1 Å². The molecule has 7 heteroatoms. The number of Topliss-reactive ketones (excluding diaryl/α,β-unsaturated/α-hetero) is 1. The van der Waals surface area contributed by atoms with E-state index >= 15 is 0 Å². The van der Waals surface area contributed by atoms with Crippen LogP contribution in [-0.4, -0.2) is 39.7 Å². The van der Waals surface area contributed by atoms with E-state index < -0.39 is 11.9 Å². The minimum Gasteiger partial charge on any atom is -0.497 e. The molecule has 184 valence electrons. The second-order valence-corrected chi connectivity index (χ2v) is 8.63. The third-order valence-corrected chi connectivity index (χ3v) is 6.65. The lowest BCUT2D eigenvalue weighted by Gasteiger charge is -2.36. The van der Waals surface area contributed by atoms with Gasteiger partial charge in [0.1, 0.15) is 5.75 Å². The van der Waals surface area contributed by atoms with Crippen molar-refractivity contribution in [3.05, 3.63) is 76.1 Å². The van der Waals surface area contributed by atoms with Crippen molar-refractivity contribution in [3.8, 4) is 17.2 Å². The van der Waals surface area contributed by atoms with Gasteiger partial charge >= 0.3 is 5.97 Å². The Morgan fingerprint density at radius 3 is 2.26 bits per heavy atom. The molecule has 2 aromatic rings. The fourth-order valence-electron chi connectivity index (χ4n) is 5.00. The first-order valence-electron chi connectivity index (χ1n) is 11.7. The number of ketones is 1. The Hall–Kier alpha value is -3.74. The standard InChI is InChI=1S/C28H31NO6/c1-6-35-28(31)25-16(2)29-21-13-19(17-7-10-20(32-3)11-8-17)14-22(30)27(21)26(25)18-9-12-23(33-4)24(15-18)34-5/h7-12,15,19,26,29H,6,13-14H2,1-5H3/t19-,26+/m0/s1. The third kappa shape index (κ3) is 4.63. The van der Waals surface area contributed by atoms with Crippen LogP contribution in [-0.2, 0) is 14.3 Å². The highest BCUT2D eigenvalue weighted by Gasteiger charge is 2.41. The van der Waals surface area contributed by atoms with Gasteiger partial charge in [-0.1, -0.05) is 18.2 Å². The van der Waals surface area contributed by atoms with Gasteiger partial charge in [-0.15, -0.1) is 0 Å². The van der Waals surface area contributed by atoms with Gasteiger partial charge in [0.05, 0.1) is 33.5 Å². The number of rotatable bonds is 7. The first-order chi connectivity index (χ1) is 16.9. The highest BCUT2D eigenvalue weighted by molar-refractivity contribution is 6.04. The number of carbonyl (C=O) groups is 2. The predicted molar refractivity (Wildman–Crippen MR) is 132 cm³/mol. The number of carbonyl (C=O) groups excluding carboxylic acids is 2. The molecule has 1 aliphatic carbocycles. The molecule has 1 heterocycles. The molecule has 0 unspecified atom stereocenters. The van der Waals surface area contributed by atoms with Crippen LogP contribution in [0, 0.1) is 0 Å². The van der Waals surface area contributed by atoms with E-state index in [4.69, 9.17) is 18.9 Å². The van der Waals surface area contributed by atoms with Crippen LogP contribution in [0.3, 0.4) is 0 Å². The van der Waals surface area contributed by atoms with Crippen LogP contribution in [0.1, 0.15) is 49.7 Å². The number of esters is 1. The van der Waals surface area contributed by atoms with Gasteiger partial charge in [-0.2, -0.15) is 0 Å². The van der Waals surface area contributed by atoms with Gasteiger partial charge in [0.15, 0.2) is 17.3 Å². The molecule has 0 spiro atoms. The molecule has 0 bridgehead atoms.